The van der Waals surface area contributed by atoms with Gasteiger partial charge in [-0.3, -0.25) is 0 Å². The maximum absolute atomic E-state index is 5.52. The molecule has 2 aliphatic rings. The molecule has 0 saturated heterocycles. The molecule has 1 aromatic rings. The molecule has 98 valence electrons. The van der Waals surface area contributed by atoms with Crippen molar-refractivity contribution in [3.8, 4) is 5.75 Å². The van der Waals surface area contributed by atoms with Crippen LogP contribution in [0.3, 0.4) is 0 Å². The van der Waals surface area contributed by atoms with E-state index in [0.29, 0.717) is 0 Å². The molecule has 1 aliphatic carbocycles. The average molecular weight is 245 g/mol. The Balaban J connectivity index is 1.34. The lowest BCUT2D eigenvalue weighted by Gasteiger charge is -2.06. The average Bonchev–Trinajstić information content (AvgIpc) is 3.09. The summed E-state index contributed by atoms with van der Waals surface area (Å²) in [5.74, 6) is 2.17. The monoisotopic (exact) mass is 245 g/mol. The summed E-state index contributed by atoms with van der Waals surface area (Å²) >= 11 is 0. The second-order valence-corrected chi connectivity index (χ2v) is 5.63. The van der Waals surface area contributed by atoms with E-state index in [0.717, 1.165) is 37.7 Å². The molecule has 2 nitrogen and oxygen atoms in total. The highest BCUT2D eigenvalue weighted by Gasteiger charge is 2.19. The van der Waals surface area contributed by atoms with Gasteiger partial charge in [0.1, 0.15) is 5.75 Å². The van der Waals surface area contributed by atoms with Gasteiger partial charge in [0.25, 0.3) is 0 Å². The number of fused-ring (bicyclic) bond motifs is 1. The van der Waals surface area contributed by atoms with Crippen LogP contribution in [0.25, 0.3) is 0 Å². The van der Waals surface area contributed by atoms with Crippen molar-refractivity contribution >= 4 is 0 Å². The van der Waals surface area contributed by atoms with Crippen LogP contribution in [0.4, 0.5) is 0 Å². The fraction of sp³-hybridized carbons (Fsp3) is 0.625. The minimum absolute atomic E-state index is 0.859. The fourth-order valence-corrected chi connectivity index (χ4v) is 2.68. The first-order valence-corrected chi connectivity index (χ1v) is 7.37. The largest absolute Gasteiger partial charge is 0.493 e. The first-order chi connectivity index (χ1) is 8.92. The van der Waals surface area contributed by atoms with E-state index in [4.69, 9.17) is 4.74 Å². The van der Waals surface area contributed by atoms with Crippen molar-refractivity contribution in [2.45, 2.75) is 38.5 Å². The van der Waals surface area contributed by atoms with Gasteiger partial charge in [0, 0.05) is 6.42 Å². The van der Waals surface area contributed by atoms with E-state index in [-0.39, 0.29) is 0 Å². The normalized spacial score (nSPS) is 17.6. The van der Waals surface area contributed by atoms with E-state index in [1.165, 1.54) is 43.4 Å². The molecule has 0 amide bonds. The molecule has 0 atom stereocenters. The number of nitrogens with one attached hydrogen (secondary N) is 1. The zero-order chi connectivity index (χ0) is 12.2. The van der Waals surface area contributed by atoms with Gasteiger partial charge in [-0.2, -0.15) is 0 Å². The number of rotatable bonds is 7. The van der Waals surface area contributed by atoms with Crippen LogP contribution in [0.2, 0.25) is 0 Å². The summed E-state index contributed by atoms with van der Waals surface area (Å²) in [5, 5.41) is 3.55. The Kier molecular flexibility index (Phi) is 3.84. The molecule has 0 bridgehead atoms. The molecule has 0 radical (unpaired) electrons. The van der Waals surface area contributed by atoms with Gasteiger partial charge in [-0.1, -0.05) is 25.0 Å². The van der Waals surface area contributed by atoms with E-state index in [9.17, 15) is 0 Å². The highest BCUT2D eigenvalue weighted by atomic mass is 16.5. The SMILES string of the molecule is c1cc2c(cc1CCNCCCC1CC1)CCO2. The molecule has 0 spiro atoms. The summed E-state index contributed by atoms with van der Waals surface area (Å²) in [6.45, 7) is 3.15. The van der Waals surface area contributed by atoms with Crippen molar-refractivity contribution in [2.75, 3.05) is 19.7 Å². The lowest BCUT2D eigenvalue weighted by atomic mass is 10.1. The Bertz CT molecular complexity index is 398. The number of benzene rings is 1. The van der Waals surface area contributed by atoms with Crippen LogP contribution in [0.15, 0.2) is 18.2 Å². The lowest BCUT2D eigenvalue weighted by Crippen LogP contribution is -2.18. The predicted octanol–water partition coefficient (Wildman–Crippen LogP) is 2.94. The third-order valence-electron chi connectivity index (χ3n) is 4.01. The first-order valence-electron chi connectivity index (χ1n) is 7.37. The van der Waals surface area contributed by atoms with Gasteiger partial charge in [0.15, 0.2) is 0 Å². The second kappa shape index (κ2) is 5.75. The molecule has 1 N–H and O–H groups in total. The highest BCUT2D eigenvalue weighted by molar-refractivity contribution is 5.39. The Morgan fingerprint density at radius 3 is 3.06 bits per heavy atom. The number of ether oxygens (including phenoxy) is 1. The van der Waals surface area contributed by atoms with Gasteiger partial charge in [-0.25, -0.2) is 0 Å². The van der Waals surface area contributed by atoms with Gasteiger partial charge in [-0.15, -0.1) is 0 Å². The highest BCUT2D eigenvalue weighted by Crippen LogP contribution is 2.33. The van der Waals surface area contributed by atoms with E-state index in [1.807, 2.05) is 0 Å². The van der Waals surface area contributed by atoms with Gasteiger partial charge in [0.05, 0.1) is 6.61 Å². The third-order valence-corrected chi connectivity index (χ3v) is 4.01. The summed E-state index contributed by atoms with van der Waals surface area (Å²) in [4.78, 5) is 0. The van der Waals surface area contributed by atoms with Crippen LogP contribution in [0, 0.1) is 5.92 Å². The summed E-state index contributed by atoms with van der Waals surface area (Å²) in [6.07, 6.45) is 7.97. The minimum atomic E-state index is 0.859. The molecule has 1 heterocycles. The molecule has 1 fully saturated rings. The maximum atomic E-state index is 5.52. The molecular weight excluding hydrogens is 222 g/mol. The summed E-state index contributed by atoms with van der Waals surface area (Å²) in [6, 6.07) is 6.65. The molecular formula is C16H23NO. The Morgan fingerprint density at radius 1 is 1.22 bits per heavy atom. The van der Waals surface area contributed by atoms with Crippen molar-refractivity contribution < 1.29 is 4.74 Å². The zero-order valence-corrected chi connectivity index (χ0v) is 11.1. The lowest BCUT2D eigenvalue weighted by molar-refractivity contribution is 0.357. The molecule has 1 aliphatic heterocycles. The van der Waals surface area contributed by atoms with E-state index >= 15 is 0 Å². The molecule has 18 heavy (non-hydrogen) atoms. The molecule has 0 aromatic heterocycles. The van der Waals surface area contributed by atoms with Crippen molar-refractivity contribution in [1.82, 2.24) is 5.32 Å². The Morgan fingerprint density at radius 2 is 2.17 bits per heavy atom. The van der Waals surface area contributed by atoms with Crippen molar-refractivity contribution in [2.24, 2.45) is 5.92 Å². The molecule has 1 aromatic carbocycles. The number of hydrogen-bond acceptors (Lipinski definition) is 2. The van der Waals surface area contributed by atoms with Gasteiger partial charge in [-0.05, 0) is 55.5 Å². The fourth-order valence-electron chi connectivity index (χ4n) is 2.68. The topological polar surface area (TPSA) is 21.3 Å². The molecule has 1 saturated carbocycles. The summed E-state index contributed by atoms with van der Waals surface area (Å²) < 4.78 is 5.52. The smallest absolute Gasteiger partial charge is 0.122 e. The summed E-state index contributed by atoms with van der Waals surface area (Å²) in [7, 11) is 0. The molecule has 2 heteroatoms. The van der Waals surface area contributed by atoms with Crippen LogP contribution < -0.4 is 10.1 Å². The van der Waals surface area contributed by atoms with Crippen molar-refractivity contribution in [3.63, 3.8) is 0 Å². The summed E-state index contributed by atoms with van der Waals surface area (Å²) in [5.41, 5.74) is 2.83. The van der Waals surface area contributed by atoms with Crippen molar-refractivity contribution in [3.05, 3.63) is 29.3 Å². The first kappa shape index (κ1) is 12.0. The molecule has 0 unspecified atom stereocenters. The standard InChI is InChI=1S/C16H23NO/c1(2-13-3-4-13)9-17-10-7-14-5-6-16-15(12-14)8-11-18-16/h5-6,12-13,17H,1-4,7-11H2. The Labute approximate surface area is 110 Å². The van der Waals surface area contributed by atoms with E-state index in [1.54, 1.807) is 0 Å². The second-order valence-electron chi connectivity index (χ2n) is 5.63. The maximum Gasteiger partial charge on any atom is 0.122 e. The van der Waals surface area contributed by atoms with Gasteiger partial charge < -0.3 is 10.1 Å². The molecule has 3 rings (SSSR count). The van der Waals surface area contributed by atoms with Crippen LogP contribution >= 0.6 is 0 Å². The minimum Gasteiger partial charge on any atom is -0.493 e. The van der Waals surface area contributed by atoms with Crippen LogP contribution in [0.5, 0.6) is 5.75 Å². The van der Waals surface area contributed by atoms with Gasteiger partial charge in [0.2, 0.25) is 0 Å². The quantitative estimate of drug-likeness (QED) is 0.746. The number of hydrogen-bond donors (Lipinski definition) is 1. The zero-order valence-electron chi connectivity index (χ0n) is 11.1. The predicted molar refractivity (Wildman–Crippen MR) is 74.2 cm³/mol. The van der Waals surface area contributed by atoms with Crippen molar-refractivity contribution in [1.29, 1.82) is 0 Å². The van der Waals surface area contributed by atoms with Gasteiger partial charge >= 0.3 is 0 Å². The van der Waals surface area contributed by atoms with Crippen LogP contribution in [-0.4, -0.2) is 19.7 Å². The third kappa shape index (κ3) is 3.26. The van der Waals surface area contributed by atoms with Crippen LogP contribution in [-0.2, 0) is 12.8 Å². The van der Waals surface area contributed by atoms with E-state index < -0.39 is 0 Å². The van der Waals surface area contributed by atoms with E-state index in [2.05, 4.69) is 23.5 Å². The Hall–Kier alpha value is -1.02. The van der Waals surface area contributed by atoms with Crippen LogP contribution in [0.1, 0.15) is 36.8 Å².